The van der Waals surface area contributed by atoms with Gasteiger partial charge in [0.15, 0.2) is 0 Å². The fourth-order valence-corrected chi connectivity index (χ4v) is 1.53. The number of hydrogen-bond donors (Lipinski definition) is 1. The summed E-state index contributed by atoms with van der Waals surface area (Å²) in [5, 5.41) is 7.77. The van der Waals surface area contributed by atoms with Crippen LogP contribution in [0.15, 0.2) is 24.3 Å². The highest BCUT2D eigenvalue weighted by Gasteiger charge is 2.12. The first-order valence-electron chi connectivity index (χ1n) is 4.95. The van der Waals surface area contributed by atoms with Crippen molar-refractivity contribution in [3.63, 3.8) is 0 Å². The largest absolute Gasteiger partial charge is 0.382 e. The second-order valence-corrected chi connectivity index (χ2v) is 3.66. The van der Waals surface area contributed by atoms with E-state index in [1.165, 1.54) is 6.07 Å². The molecule has 0 aliphatic rings. The Morgan fingerprint density at radius 2 is 1.75 bits per heavy atom. The number of nitrogens with zero attached hydrogens (tertiary/aromatic N) is 2. The molecule has 0 fully saturated rings. The van der Waals surface area contributed by atoms with Crippen molar-refractivity contribution in [1.29, 1.82) is 0 Å². The summed E-state index contributed by atoms with van der Waals surface area (Å²) in [6.07, 6.45) is 0. The average molecular weight is 217 g/mol. The van der Waals surface area contributed by atoms with Crippen molar-refractivity contribution in [3.05, 3.63) is 41.2 Å². The number of halogens is 1. The first-order chi connectivity index (χ1) is 7.61. The highest BCUT2D eigenvalue weighted by Crippen LogP contribution is 2.26. The average Bonchev–Trinajstić information content (AvgIpc) is 2.28. The fourth-order valence-electron chi connectivity index (χ4n) is 1.53. The lowest BCUT2D eigenvalue weighted by Crippen LogP contribution is -2.02. The smallest absolute Gasteiger partial charge is 0.149 e. The van der Waals surface area contributed by atoms with Gasteiger partial charge in [-0.25, -0.2) is 4.39 Å². The molecule has 2 N–H and O–H groups in total. The summed E-state index contributed by atoms with van der Waals surface area (Å²) in [5.74, 6) is 0.0849. The topological polar surface area (TPSA) is 51.8 Å². The van der Waals surface area contributed by atoms with Gasteiger partial charge in [-0.15, -0.1) is 10.2 Å². The Bertz CT molecular complexity index is 538. The van der Waals surface area contributed by atoms with Crippen LogP contribution < -0.4 is 5.73 Å². The first kappa shape index (κ1) is 10.5. The summed E-state index contributed by atoms with van der Waals surface area (Å²) in [7, 11) is 0. The van der Waals surface area contributed by atoms with E-state index in [1.54, 1.807) is 18.2 Å². The summed E-state index contributed by atoms with van der Waals surface area (Å²) in [6.45, 7) is 3.71. The van der Waals surface area contributed by atoms with Gasteiger partial charge in [0.1, 0.15) is 11.6 Å². The molecule has 82 valence electrons. The highest BCUT2D eigenvalue weighted by atomic mass is 19.1. The van der Waals surface area contributed by atoms with Crippen LogP contribution in [0.3, 0.4) is 0 Å². The van der Waals surface area contributed by atoms with Crippen molar-refractivity contribution < 1.29 is 4.39 Å². The fraction of sp³-hybridized carbons (Fsp3) is 0.167. The molecule has 0 aliphatic carbocycles. The van der Waals surface area contributed by atoms with E-state index in [9.17, 15) is 4.39 Å². The summed E-state index contributed by atoms with van der Waals surface area (Å²) < 4.78 is 13.6. The minimum absolute atomic E-state index is 0.302. The number of rotatable bonds is 1. The number of nitrogen functional groups attached to an aromatic ring is 1. The van der Waals surface area contributed by atoms with Gasteiger partial charge in [-0.1, -0.05) is 12.1 Å². The van der Waals surface area contributed by atoms with Crippen LogP contribution in [0.25, 0.3) is 11.3 Å². The Hall–Kier alpha value is -1.97. The predicted octanol–water partition coefficient (Wildman–Crippen LogP) is 2.48. The van der Waals surface area contributed by atoms with Crippen molar-refractivity contribution in [1.82, 2.24) is 10.2 Å². The molecule has 2 rings (SSSR count). The standard InChI is InChI=1S/C12H12FN3/c1-7-8(2)12(14)16-15-11(7)9-5-3-4-6-10(9)13/h3-6H,1-2H3,(H2,14,16). The SMILES string of the molecule is Cc1c(N)nnc(-c2ccccc2F)c1C. The van der Waals surface area contributed by atoms with Crippen molar-refractivity contribution in [2.75, 3.05) is 5.73 Å². The van der Waals surface area contributed by atoms with E-state index >= 15 is 0 Å². The summed E-state index contributed by atoms with van der Waals surface area (Å²) in [4.78, 5) is 0. The molecular weight excluding hydrogens is 205 g/mol. The number of anilines is 1. The highest BCUT2D eigenvalue weighted by molar-refractivity contribution is 5.66. The molecule has 0 atom stereocenters. The molecule has 0 radical (unpaired) electrons. The lowest BCUT2D eigenvalue weighted by atomic mass is 10.0. The zero-order valence-electron chi connectivity index (χ0n) is 9.16. The van der Waals surface area contributed by atoms with Gasteiger partial charge < -0.3 is 5.73 Å². The second kappa shape index (κ2) is 3.89. The van der Waals surface area contributed by atoms with Gasteiger partial charge >= 0.3 is 0 Å². The molecule has 0 aliphatic heterocycles. The molecule has 0 saturated heterocycles. The van der Waals surface area contributed by atoms with Crippen molar-refractivity contribution in [2.45, 2.75) is 13.8 Å². The van der Waals surface area contributed by atoms with Gasteiger partial charge in [0.2, 0.25) is 0 Å². The normalized spacial score (nSPS) is 10.4. The minimum Gasteiger partial charge on any atom is -0.382 e. The number of benzene rings is 1. The zero-order chi connectivity index (χ0) is 11.7. The molecule has 0 unspecified atom stereocenters. The Labute approximate surface area is 93.1 Å². The molecule has 0 spiro atoms. The monoisotopic (exact) mass is 217 g/mol. The van der Waals surface area contributed by atoms with Crippen LogP contribution in [0.4, 0.5) is 10.2 Å². The number of hydrogen-bond acceptors (Lipinski definition) is 3. The molecule has 0 bridgehead atoms. The van der Waals surface area contributed by atoms with E-state index in [-0.39, 0.29) is 5.82 Å². The first-order valence-corrected chi connectivity index (χ1v) is 4.95. The van der Waals surface area contributed by atoms with Crippen molar-refractivity contribution in [3.8, 4) is 11.3 Å². The van der Waals surface area contributed by atoms with Crippen LogP contribution >= 0.6 is 0 Å². The summed E-state index contributed by atoms with van der Waals surface area (Å²) >= 11 is 0. The maximum Gasteiger partial charge on any atom is 0.149 e. The lowest BCUT2D eigenvalue weighted by Gasteiger charge is -2.09. The minimum atomic E-state index is -0.302. The van der Waals surface area contributed by atoms with Gasteiger partial charge in [0, 0.05) is 5.56 Å². The third-order valence-electron chi connectivity index (χ3n) is 2.69. The summed E-state index contributed by atoms with van der Waals surface area (Å²) in [6, 6.07) is 6.50. The molecule has 2 aromatic rings. The van der Waals surface area contributed by atoms with Crippen LogP contribution in [-0.2, 0) is 0 Å². The summed E-state index contributed by atoms with van der Waals surface area (Å²) in [5.41, 5.74) is 8.34. The van der Waals surface area contributed by atoms with E-state index in [2.05, 4.69) is 10.2 Å². The van der Waals surface area contributed by atoms with Crippen molar-refractivity contribution in [2.24, 2.45) is 0 Å². The van der Waals surface area contributed by atoms with E-state index < -0.39 is 0 Å². The molecule has 1 aromatic heterocycles. The van der Waals surface area contributed by atoms with Gasteiger partial charge in [-0.05, 0) is 37.1 Å². The zero-order valence-corrected chi connectivity index (χ0v) is 9.16. The number of aromatic nitrogens is 2. The van der Waals surface area contributed by atoms with Crippen LogP contribution in [0.2, 0.25) is 0 Å². The Morgan fingerprint density at radius 1 is 1.06 bits per heavy atom. The third-order valence-corrected chi connectivity index (χ3v) is 2.69. The van der Waals surface area contributed by atoms with E-state index in [4.69, 9.17) is 5.73 Å². The van der Waals surface area contributed by atoms with E-state index in [1.807, 2.05) is 13.8 Å². The van der Waals surface area contributed by atoms with E-state index in [0.29, 0.717) is 17.1 Å². The predicted molar refractivity (Wildman–Crippen MR) is 61.3 cm³/mol. The molecule has 1 heterocycles. The van der Waals surface area contributed by atoms with Crippen LogP contribution in [0.5, 0.6) is 0 Å². The van der Waals surface area contributed by atoms with Crippen LogP contribution in [0.1, 0.15) is 11.1 Å². The van der Waals surface area contributed by atoms with Crippen molar-refractivity contribution >= 4 is 5.82 Å². The molecule has 3 nitrogen and oxygen atoms in total. The Kier molecular flexibility index (Phi) is 2.56. The molecule has 0 amide bonds. The van der Waals surface area contributed by atoms with Gasteiger partial charge in [0.05, 0.1) is 5.69 Å². The third kappa shape index (κ3) is 1.62. The van der Waals surface area contributed by atoms with Gasteiger partial charge in [-0.3, -0.25) is 0 Å². The van der Waals surface area contributed by atoms with Crippen LogP contribution in [-0.4, -0.2) is 10.2 Å². The molecule has 0 saturated carbocycles. The number of nitrogens with two attached hydrogens (primary N) is 1. The quantitative estimate of drug-likeness (QED) is 0.798. The Balaban J connectivity index is 2.66. The van der Waals surface area contributed by atoms with Crippen LogP contribution in [0, 0.1) is 19.7 Å². The second-order valence-electron chi connectivity index (χ2n) is 3.66. The maximum atomic E-state index is 13.6. The van der Waals surface area contributed by atoms with Gasteiger partial charge in [0.25, 0.3) is 0 Å². The molecule has 16 heavy (non-hydrogen) atoms. The Morgan fingerprint density at radius 3 is 2.44 bits per heavy atom. The molecule has 4 heteroatoms. The molecule has 1 aromatic carbocycles. The maximum absolute atomic E-state index is 13.6. The molecular formula is C12H12FN3. The lowest BCUT2D eigenvalue weighted by molar-refractivity contribution is 0.630. The van der Waals surface area contributed by atoms with E-state index in [0.717, 1.165) is 11.1 Å². The van der Waals surface area contributed by atoms with Gasteiger partial charge in [-0.2, -0.15) is 0 Å².